The number of benzene rings is 4. The quantitative estimate of drug-likeness (QED) is 0.189. The molecule has 0 aliphatic carbocycles. The topological polar surface area (TPSA) is 80.2 Å². The average molecular weight is 705 g/mol. The van der Waals surface area contributed by atoms with E-state index in [0.29, 0.717) is 0 Å². The van der Waals surface area contributed by atoms with E-state index in [-0.39, 0.29) is 32.3 Å². The fraction of sp³-hybridized carbons (Fsp3) is 0.0588. The number of Topliss-reactive ketones (excluding diaryl/α,β-unsaturated/α-hetero) is 1. The molecule has 0 saturated carbocycles. The van der Waals surface area contributed by atoms with Gasteiger partial charge in [-0.1, -0.05) is 109 Å². The number of carboxylic acids is 1. The molecule has 6 aromatic rings. The Balaban J connectivity index is 0.000000177. The molecule has 4 aromatic carbocycles. The molecular weight excluding hydrogens is 677 g/mol. The normalized spacial score (nSPS) is 9.82. The SMILES string of the molecule is CC(=O)CC(=O)O.[Ir].c1ccc(-c2nccc3ccccc23)cc1.c1ccc(-c2nccc3ccccc23)cc1. The number of hydrogen-bond acceptors (Lipinski definition) is 4. The summed E-state index contributed by atoms with van der Waals surface area (Å²) in [6, 6.07) is 41.3. The van der Waals surface area contributed by atoms with Crippen LogP contribution in [0.1, 0.15) is 13.3 Å². The van der Waals surface area contributed by atoms with Gasteiger partial charge in [0.2, 0.25) is 0 Å². The molecule has 5 nitrogen and oxygen atoms in total. The van der Waals surface area contributed by atoms with E-state index < -0.39 is 5.97 Å². The molecule has 6 rings (SSSR count). The van der Waals surface area contributed by atoms with Gasteiger partial charge in [-0.25, -0.2) is 0 Å². The molecule has 0 aliphatic rings. The Kier molecular flexibility index (Phi) is 11.4. The van der Waals surface area contributed by atoms with Gasteiger partial charge in [-0.2, -0.15) is 0 Å². The molecule has 0 amide bonds. The zero-order valence-corrected chi connectivity index (χ0v) is 24.3. The summed E-state index contributed by atoms with van der Waals surface area (Å²) < 4.78 is 0. The van der Waals surface area contributed by atoms with Crippen molar-refractivity contribution in [1.29, 1.82) is 0 Å². The van der Waals surface area contributed by atoms with Crippen LogP contribution in [0, 0.1) is 0 Å². The van der Waals surface area contributed by atoms with Crippen molar-refractivity contribution < 1.29 is 34.8 Å². The van der Waals surface area contributed by atoms with Crippen molar-refractivity contribution in [3.8, 4) is 22.5 Å². The summed E-state index contributed by atoms with van der Waals surface area (Å²) in [6.07, 6.45) is 3.37. The largest absolute Gasteiger partial charge is 0.481 e. The Morgan fingerprint density at radius 2 is 0.950 bits per heavy atom. The maximum absolute atomic E-state index is 9.87. The predicted octanol–water partition coefficient (Wildman–Crippen LogP) is 7.85. The van der Waals surface area contributed by atoms with Crippen molar-refractivity contribution in [1.82, 2.24) is 9.97 Å². The van der Waals surface area contributed by atoms with Gasteiger partial charge in [0, 0.05) is 54.4 Å². The second kappa shape index (κ2) is 15.2. The number of fused-ring (bicyclic) bond motifs is 2. The van der Waals surface area contributed by atoms with Gasteiger partial charge in [-0.15, -0.1) is 0 Å². The van der Waals surface area contributed by atoms with Crippen molar-refractivity contribution in [2.24, 2.45) is 0 Å². The molecule has 6 heteroatoms. The monoisotopic (exact) mass is 705 g/mol. The van der Waals surface area contributed by atoms with Crippen LogP contribution >= 0.6 is 0 Å². The number of pyridine rings is 2. The number of nitrogens with zero attached hydrogens (tertiary/aromatic N) is 2. The molecule has 1 radical (unpaired) electrons. The summed E-state index contributed by atoms with van der Waals surface area (Å²) in [7, 11) is 0. The van der Waals surface area contributed by atoms with Crippen LogP contribution in [-0.4, -0.2) is 26.8 Å². The van der Waals surface area contributed by atoms with Crippen molar-refractivity contribution in [3.05, 3.63) is 134 Å². The average Bonchev–Trinajstić information content (AvgIpc) is 2.97. The van der Waals surface area contributed by atoms with E-state index in [1.165, 1.54) is 39.6 Å². The number of carbonyl (C=O) groups is 2. The van der Waals surface area contributed by atoms with Crippen molar-refractivity contribution >= 4 is 33.3 Å². The number of ketones is 1. The van der Waals surface area contributed by atoms with Gasteiger partial charge < -0.3 is 5.11 Å². The van der Waals surface area contributed by atoms with Gasteiger partial charge in [0.25, 0.3) is 0 Å². The zero-order chi connectivity index (χ0) is 27.5. The van der Waals surface area contributed by atoms with Gasteiger partial charge in [0.05, 0.1) is 11.4 Å². The van der Waals surface area contributed by atoms with Gasteiger partial charge in [0.1, 0.15) is 12.2 Å². The third-order valence-corrected chi connectivity index (χ3v) is 5.84. The predicted molar refractivity (Wildman–Crippen MR) is 157 cm³/mol. The molecule has 0 fully saturated rings. The molecule has 0 aliphatic heterocycles. The molecule has 0 spiro atoms. The second-order valence-electron chi connectivity index (χ2n) is 8.77. The Morgan fingerprint density at radius 3 is 1.30 bits per heavy atom. The van der Waals surface area contributed by atoms with Crippen molar-refractivity contribution in [3.63, 3.8) is 0 Å². The standard InChI is InChI=1S/2C15H11N.C4H6O3.Ir/c2*1-2-7-13(8-3-1)15-14-9-5-4-6-12(14)10-11-16-15;1-3(5)2-4(6)7;/h2*1-11H;2H2,1H3,(H,6,7);. The number of aromatic nitrogens is 2. The molecular formula is C34H28IrN2O3. The first-order valence-electron chi connectivity index (χ1n) is 12.5. The van der Waals surface area contributed by atoms with Crippen molar-refractivity contribution in [2.75, 3.05) is 0 Å². The zero-order valence-electron chi connectivity index (χ0n) is 21.9. The van der Waals surface area contributed by atoms with Crippen LogP contribution in [-0.2, 0) is 29.7 Å². The van der Waals surface area contributed by atoms with Gasteiger partial charge in [-0.05, 0) is 29.8 Å². The molecule has 40 heavy (non-hydrogen) atoms. The first-order chi connectivity index (χ1) is 19.0. The first kappa shape index (κ1) is 30.0. The Morgan fingerprint density at radius 1 is 0.575 bits per heavy atom. The summed E-state index contributed by atoms with van der Waals surface area (Å²) >= 11 is 0. The van der Waals surface area contributed by atoms with Crippen LogP contribution in [0.5, 0.6) is 0 Å². The maximum Gasteiger partial charge on any atom is 0.310 e. The molecule has 2 heterocycles. The fourth-order valence-electron chi connectivity index (χ4n) is 4.10. The smallest absolute Gasteiger partial charge is 0.310 e. The molecule has 0 bridgehead atoms. The molecule has 0 atom stereocenters. The van der Waals surface area contributed by atoms with Crippen LogP contribution in [0.3, 0.4) is 0 Å². The van der Waals surface area contributed by atoms with Crippen LogP contribution < -0.4 is 0 Å². The van der Waals surface area contributed by atoms with Crippen molar-refractivity contribution in [2.45, 2.75) is 13.3 Å². The van der Waals surface area contributed by atoms with E-state index in [0.717, 1.165) is 11.4 Å². The van der Waals surface area contributed by atoms with E-state index in [9.17, 15) is 9.59 Å². The van der Waals surface area contributed by atoms with Gasteiger partial charge in [-0.3, -0.25) is 19.6 Å². The minimum absolute atomic E-state index is 0. The van der Waals surface area contributed by atoms with E-state index in [1.807, 2.05) is 60.9 Å². The number of carboxylic acid groups (broad SMARTS) is 1. The summed E-state index contributed by atoms with van der Waals surface area (Å²) in [6.45, 7) is 1.24. The second-order valence-corrected chi connectivity index (χ2v) is 8.77. The molecule has 0 saturated heterocycles. The third kappa shape index (κ3) is 8.24. The maximum atomic E-state index is 9.87. The van der Waals surface area contributed by atoms with Crippen LogP contribution in [0.2, 0.25) is 0 Å². The Hall–Kier alpha value is -4.51. The van der Waals surface area contributed by atoms with Gasteiger partial charge >= 0.3 is 5.97 Å². The van der Waals surface area contributed by atoms with Gasteiger partial charge in [0.15, 0.2) is 0 Å². The molecule has 2 aromatic heterocycles. The number of hydrogen-bond donors (Lipinski definition) is 1. The molecule has 0 unspecified atom stereocenters. The summed E-state index contributed by atoms with van der Waals surface area (Å²) in [5.74, 6) is -1.37. The number of rotatable bonds is 4. The van der Waals surface area contributed by atoms with Crippen LogP contribution in [0.25, 0.3) is 44.1 Å². The summed E-state index contributed by atoms with van der Waals surface area (Å²) in [5.41, 5.74) is 4.44. The van der Waals surface area contributed by atoms with Crippen LogP contribution in [0.15, 0.2) is 134 Å². The Labute approximate surface area is 246 Å². The Bertz CT molecular complexity index is 1550. The van der Waals surface area contributed by atoms with E-state index in [4.69, 9.17) is 5.11 Å². The van der Waals surface area contributed by atoms with E-state index in [2.05, 4.69) is 82.8 Å². The minimum Gasteiger partial charge on any atom is -0.481 e. The fourth-order valence-corrected chi connectivity index (χ4v) is 4.10. The number of carbonyl (C=O) groups excluding carboxylic acids is 1. The number of aliphatic carboxylic acids is 1. The minimum atomic E-state index is -1.06. The molecule has 1 N–H and O–H groups in total. The van der Waals surface area contributed by atoms with E-state index >= 15 is 0 Å². The van der Waals surface area contributed by atoms with E-state index in [1.54, 1.807) is 0 Å². The summed E-state index contributed by atoms with van der Waals surface area (Å²) in [4.78, 5) is 28.4. The first-order valence-corrected chi connectivity index (χ1v) is 12.5. The third-order valence-electron chi connectivity index (χ3n) is 5.84. The summed E-state index contributed by atoms with van der Waals surface area (Å²) in [5, 5.41) is 12.7. The van der Waals surface area contributed by atoms with Crippen LogP contribution in [0.4, 0.5) is 0 Å². The molecule has 201 valence electrons.